The van der Waals surface area contributed by atoms with Crippen molar-refractivity contribution in [1.29, 1.82) is 0 Å². The van der Waals surface area contributed by atoms with Gasteiger partial charge < -0.3 is 4.90 Å². The first-order valence-corrected chi connectivity index (χ1v) is 6.65. The van der Waals surface area contributed by atoms with E-state index in [4.69, 9.17) is 11.6 Å². The number of hydrogen-bond acceptors (Lipinski definition) is 1. The fourth-order valence-corrected chi connectivity index (χ4v) is 2.31. The van der Waals surface area contributed by atoms with Crippen molar-refractivity contribution in [1.82, 2.24) is 0 Å². The normalized spacial score (nSPS) is 10.4. The standard InChI is InChI=1S/C12H17BrClN/c1-3-7-15(4-2)12-6-5-11(13)8-10(12)9-14/h5-6,8H,3-4,7,9H2,1-2H3. The number of nitrogens with zero attached hydrogens (tertiary/aromatic N) is 1. The average Bonchev–Trinajstić information content (AvgIpc) is 2.26. The second-order valence-electron chi connectivity index (χ2n) is 3.49. The van der Waals surface area contributed by atoms with Crippen LogP contribution in [0.25, 0.3) is 0 Å². The molecule has 0 aliphatic carbocycles. The minimum Gasteiger partial charge on any atom is -0.372 e. The summed E-state index contributed by atoms with van der Waals surface area (Å²) in [5.41, 5.74) is 2.46. The van der Waals surface area contributed by atoms with Gasteiger partial charge >= 0.3 is 0 Å². The molecule has 1 aromatic rings. The van der Waals surface area contributed by atoms with Crippen molar-refractivity contribution in [2.45, 2.75) is 26.1 Å². The van der Waals surface area contributed by atoms with Crippen molar-refractivity contribution >= 4 is 33.2 Å². The Morgan fingerprint density at radius 2 is 2.07 bits per heavy atom. The molecule has 0 heterocycles. The van der Waals surface area contributed by atoms with Crippen molar-refractivity contribution in [2.75, 3.05) is 18.0 Å². The van der Waals surface area contributed by atoms with Gasteiger partial charge in [0.25, 0.3) is 0 Å². The molecule has 3 heteroatoms. The van der Waals surface area contributed by atoms with Gasteiger partial charge in [0.05, 0.1) is 0 Å². The van der Waals surface area contributed by atoms with E-state index in [0.717, 1.165) is 24.0 Å². The topological polar surface area (TPSA) is 3.24 Å². The third-order valence-electron chi connectivity index (χ3n) is 2.40. The van der Waals surface area contributed by atoms with Gasteiger partial charge in [-0.05, 0) is 37.1 Å². The number of rotatable bonds is 5. The molecule has 84 valence electrons. The number of halogens is 2. The van der Waals surface area contributed by atoms with E-state index >= 15 is 0 Å². The van der Waals surface area contributed by atoms with Gasteiger partial charge in [0, 0.05) is 29.1 Å². The van der Waals surface area contributed by atoms with E-state index in [0.29, 0.717) is 5.88 Å². The predicted octanol–water partition coefficient (Wildman–Crippen LogP) is 4.42. The van der Waals surface area contributed by atoms with E-state index in [1.165, 1.54) is 11.3 Å². The van der Waals surface area contributed by atoms with Gasteiger partial charge in [-0.3, -0.25) is 0 Å². The SMILES string of the molecule is CCCN(CC)c1ccc(Br)cc1CCl. The maximum Gasteiger partial charge on any atom is 0.0494 e. The summed E-state index contributed by atoms with van der Waals surface area (Å²) in [6.07, 6.45) is 1.16. The molecule has 15 heavy (non-hydrogen) atoms. The zero-order chi connectivity index (χ0) is 11.3. The molecule has 0 aromatic heterocycles. The molecule has 0 N–H and O–H groups in total. The Hall–Kier alpha value is -0.210. The molecule has 0 unspecified atom stereocenters. The molecule has 0 fully saturated rings. The minimum absolute atomic E-state index is 0.564. The van der Waals surface area contributed by atoms with Crippen LogP contribution in [0.5, 0.6) is 0 Å². The van der Waals surface area contributed by atoms with Crippen molar-refractivity contribution in [3.05, 3.63) is 28.2 Å². The molecule has 1 nitrogen and oxygen atoms in total. The fourth-order valence-electron chi connectivity index (χ4n) is 1.69. The van der Waals surface area contributed by atoms with E-state index < -0.39 is 0 Å². The van der Waals surface area contributed by atoms with Crippen LogP contribution in [0.2, 0.25) is 0 Å². The first kappa shape index (κ1) is 12.9. The zero-order valence-corrected chi connectivity index (χ0v) is 11.6. The number of hydrogen-bond donors (Lipinski definition) is 0. The molecule has 1 aromatic carbocycles. The summed E-state index contributed by atoms with van der Waals surface area (Å²) < 4.78 is 1.09. The van der Waals surface area contributed by atoms with Crippen molar-refractivity contribution in [3.63, 3.8) is 0 Å². The molecule has 0 radical (unpaired) electrons. The number of benzene rings is 1. The maximum absolute atomic E-state index is 5.96. The minimum atomic E-state index is 0.564. The average molecular weight is 291 g/mol. The van der Waals surface area contributed by atoms with Crippen LogP contribution in [0.3, 0.4) is 0 Å². The highest BCUT2D eigenvalue weighted by atomic mass is 79.9. The van der Waals surface area contributed by atoms with Crippen LogP contribution in [0, 0.1) is 0 Å². The quantitative estimate of drug-likeness (QED) is 0.725. The lowest BCUT2D eigenvalue weighted by Crippen LogP contribution is -2.24. The molecule has 1 rings (SSSR count). The van der Waals surface area contributed by atoms with Gasteiger partial charge in [-0.2, -0.15) is 0 Å². The van der Waals surface area contributed by atoms with E-state index in [-0.39, 0.29) is 0 Å². The fraction of sp³-hybridized carbons (Fsp3) is 0.500. The Morgan fingerprint density at radius 3 is 2.60 bits per heavy atom. The second kappa shape index (κ2) is 6.39. The van der Waals surface area contributed by atoms with Gasteiger partial charge in [-0.15, -0.1) is 11.6 Å². The van der Waals surface area contributed by atoms with E-state index in [1.54, 1.807) is 0 Å². The summed E-state index contributed by atoms with van der Waals surface area (Å²) in [7, 11) is 0. The van der Waals surface area contributed by atoms with Gasteiger partial charge in [0.1, 0.15) is 0 Å². The summed E-state index contributed by atoms with van der Waals surface area (Å²) in [6, 6.07) is 6.31. The van der Waals surface area contributed by atoms with E-state index in [1.807, 2.05) is 0 Å². The molecule has 0 saturated heterocycles. The van der Waals surface area contributed by atoms with Crippen molar-refractivity contribution < 1.29 is 0 Å². The highest BCUT2D eigenvalue weighted by Crippen LogP contribution is 2.26. The van der Waals surface area contributed by atoms with Gasteiger partial charge in [-0.25, -0.2) is 0 Å². The van der Waals surface area contributed by atoms with Crippen molar-refractivity contribution in [2.24, 2.45) is 0 Å². The number of alkyl halides is 1. The summed E-state index contributed by atoms with van der Waals surface area (Å²) in [4.78, 5) is 2.37. The third kappa shape index (κ3) is 3.39. The lowest BCUT2D eigenvalue weighted by Gasteiger charge is -2.24. The Bertz CT molecular complexity index is 314. The van der Waals surface area contributed by atoms with Gasteiger partial charge in [-0.1, -0.05) is 22.9 Å². The molecule has 0 spiro atoms. The molecule has 0 atom stereocenters. The first-order valence-electron chi connectivity index (χ1n) is 5.32. The van der Waals surface area contributed by atoms with E-state index in [2.05, 4.69) is 52.9 Å². The third-order valence-corrected chi connectivity index (χ3v) is 3.18. The summed E-state index contributed by atoms with van der Waals surface area (Å²) in [5.74, 6) is 0.564. The van der Waals surface area contributed by atoms with Crippen LogP contribution in [-0.4, -0.2) is 13.1 Å². The Morgan fingerprint density at radius 1 is 1.33 bits per heavy atom. The van der Waals surface area contributed by atoms with Crippen molar-refractivity contribution in [3.8, 4) is 0 Å². The summed E-state index contributed by atoms with van der Waals surface area (Å²) in [5, 5.41) is 0. The molecule has 0 bridgehead atoms. The Labute approximate surface area is 106 Å². The van der Waals surface area contributed by atoms with Gasteiger partial charge in [0.2, 0.25) is 0 Å². The summed E-state index contributed by atoms with van der Waals surface area (Å²) >= 11 is 9.43. The number of anilines is 1. The molecular formula is C12H17BrClN. The second-order valence-corrected chi connectivity index (χ2v) is 4.67. The monoisotopic (exact) mass is 289 g/mol. The van der Waals surface area contributed by atoms with Crippen LogP contribution in [0.15, 0.2) is 22.7 Å². The highest BCUT2D eigenvalue weighted by molar-refractivity contribution is 9.10. The first-order chi connectivity index (χ1) is 7.22. The van der Waals surface area contributed by atoms with Gasteiger partial charge in [0.15, 0.2) is 0 Å². The predicted molar refractivity (Wildman–Crippen MR) is 71.9 cm³/mol. The molecule has 0 aliphatic rings. The Balaban J connectivity index is 2.99. The smallest absolute Gasteiger partial charge is 0.0494 e. The molecule has 0 aliphatic heterocycles. The summed E-state index contributed by atoms with van der Waals surface area (Å²) in [6.45, 7) is 6.49. The van der Waals surface area contributed by atoms with Crippen LogP contribution in [0.1, 0.15) is 25.8 Å². The van der Waals surface area contributed by atoms with E-state index in [9.17, 15) is 0 Å². The molecular weight excluding hydrogens is 273 g/mol. The maximum atomic E-state index is 5.96. The van der Waals surface area contributed by atoms with Crippen LogP contribution >= 0.6 is 27.5 Å². The Kier molecular flexibility index (Phi) is 5.48. The van der Waals surface area contributed by atoms with Crippen LogP contribution in [-0.2, 0) is 5.88 Å². The lowest BCUT2D eigenvalue weighted by atomic mass is 10.1. The highest BCUT2D eigenvalue weighted by Gasteiger charge is 2.08. The molecule has 0 saturated carbocycles. The zero-order valence-electron chi connectivity index (χ0n) is 9.26. The van der Waals surface area contributed by atoms with Crippen LogP contribution in [0.4, 0.5) is 5.69 Å². The van der Waals surface area contributed by atoms with Crippen LogP contribution < -0.4 is 4.90 Å². The lowest BCUT2D eigenvalue weighted by molar-refractivity contribution is 0.788. The largest absolute Gasteiger partial charge is 0.372 e. The molecule has 0 amide bonds.